The second-order valence-electron chi connectivity index (χ2n) is 6.10. The lowest BCUT2D eigenvalue weighted by molar-refractivity contribution is 0.213. The Balaban J connectivity index is 1.93. The Hall–Kier alpha value is -1.86. The molecule has 1 aromatic carbocycles. The van der Waals surface area contributed by atoms with E-state index in [1.807, 2.05) is 0 Å². The van der Waals surface area contributed by atoms with Crippen molar-refractivity contribution in [3.63, 3.8) is 0 Å². The number of piperidine rings is 1. The molecule has 0 amide bonds. The van der Waals surface area contributed by atoms with Gasteiger partial charge in [0.15, 0.2) is 0 Å². The van der Waals surface area contributed by atoms with Crippen LogP contribution < -0.4 is 0 Å². The molecule has 0 bridgehead atoms. The fraction of sp³-hybridized carbons (Fsp3) is 0.556. The molecule has 3 rings (SSSR count). The summed E-state index contributed by atoms with van der Waals surface area (Å²) in [6, 6.07) is 8.80. The topological polar surface area (TPSA) is 44.9 Å². The van der Waals surface area contributed by atoms with E-state index in [-0.39, 0.29) is 0 Å². The van der Waals surface area contributed by atoms with Crippen molar-refractivity contribution in [2.24, 2.45) is 0 Å². The van der Waals surface area contributed by atoms with E-state index in [0.717, 1.165) is 30.9 Å². The van der Waals surface area contributed by atoms with E-state index in [9.17, 15) is 0 Å². The van der Waals surface area contributed by atoms with Gasteiger partial charge in [-0.25, -0.2) is 4.98 Å². The van der Waals surface area contributed by atoms with Gasteiger partial charge in [-0.1, -0.05) is 19.4 Å². The molecule has 0 atom stereocenters. The Morgan fingerprint density at radius 2 is 2.05 bits per heavy atom. The second-order valence-corrected chi connectivity index (χ2v) is 6.10. The van der Waals surface area contributed by atoms with Crippen molar-refractivity contribution in [3.8, 4) is 6.07 Å². The van der Waals surface area contributed by atoms with Crippen LogP contribution >= 0.6 is 0 Å². The molecule has 0 radical (unpaired) electrons. The maximum Gasteiger partial charge on any atom is 0.124 e. The van der Waals surface area contributed by atoms with Crippen LogP contribution in [0.3, 0.4) is 0 Å². The molecule has 0 N–H and O–H groups in total. The van der Waals surface area contributed by atoms with Crippen LogP contribution in [-0.2, 0) is 19.5 Å². The molecule has 22 heavy (non-hydrogen) atoms. The average Bonchev–Trinajstić information content (AvgIpc) is 2.90. The number of hydrogen-bond donors (Lipinski definition) is 0. The summed E-state index contributed by atoms with van der Waals surface area (Å²) in [5, 5.41) is 8.94. The van der Waals surface area contributed by atoms with Gasteiger partial charge in [0.2, 0.25) is 0 Å². The standard InChI is InChI=1S/C18H24N4/c1-2-15-7-8-17-16(13-15)20-18(22(17)12-6-9-19)14-21-10-4-3-5-11-21/h7-8,13H,2-6,10-12,14H2,1H3. The highest BCUT2D eigenvalue weighted by Gasteiger charge is 2.16. The number of nitrogens with zero attached hydrogens (tertiary/aromatic N) is 4. The van der Waals surface area contributed by atoms with Crippen LogP contribution in [0, 0.1) is 11.3 Å². The zero-order valence-electron chi connectivity index (χ0n) is 13.4. The minimum absolute atomic E-state index is 0.536. The number of aryl methyl sites for hydroxylation is 2. The number of likely N-dealkylation sites (tertiary alicyclic amines) is 1. The predicted octanol–water partition coefficient (Wildman–Crippen LogP) is 3.50. The summed E-state index contributed by atoms with van der Waals surface area (Å²) in [6.45, 7) is 6.15. The van der Waals surface area contributed by atoms with Crippen molar-refractivity contribution in [2.45, 2.75) is 52.1 Å². The van der Waals surface area contributed by atoms with Crippen molar-refractivity contribution in [3.05, 3.63) is 29.6 Å². The highest BCUT2D eigenvalue weighted by atomic mass is 15.2. The maximum atomic E-state index is 8.94. The lowest BCUT2D eigenvalue weighted by atomic mass is 10.1. The van der Waals surface area contributed by atoms with E-state index in [1.54, 1.807) is 0 Å². The summed E-state index contributed by atoms with van der Waals surface area (Å²) in [5.74, 6) is 1.11. The highest BCUT2D eigenvalue weighted by molar-refractivity contribution is 5.77. The molecule has 116 valence electrons. The van der Waals surface area contributed by atoms with Crippen LogP contribution in [-0.4, -0.2) is 27.5 Å². The number of benzene rings is 1. The van der Waals surface area contributed by atoms with Crippen LogP contribution in [0.4, 0.5) is 0 Å². The second kappa shape index (κ2) is 6.93. The van der Waals surface area contributed by atoms with E-state index in [1.165, 1.54) is 43.4 Å². The Kier molecular flexibility index (Phi) is 4.74. The van der Waals surface area contributed by atoms with E-state index in [2.05, 4.69) is 40.7 Å². The molecular formula is C18H24N4. The number of rotatable bonds is 5. The lowest BCUT2D eigenvalue weighted by Gasteiger charge is -2.26. The highest BCUT2D eigenvalue weighted by Crippen LogP contribution is 2.21. The molecule has 1 aliphatic rings. The maximum absolute atomic E-state index is 8.94. The van der Waals surface area contributed by atoms with E-state index in [4.69, 9.17) is 10.2 Å². The minimum atomic E-state index is 0.536. The first-order valence-electron chi connectivity index (χ1n) is 8.39. The molecule has 1 fully saturated rings. The van der Waals surface area contributed by atoms with Gasteiger partial charge in [0.25, 0.3) is 0 Å². The van der Waals surface area contributed by atoms with E-state index >= 15 is 0 Å². The molecule has 1 aromatic heterocycles. The zero-order chi connectivity index (χ0) is 15.4. The van der Waals surface area contributed by atoms with Crippen molar-refractivity contribution in [1.82, 2.24) is 14.5 Å². The Bertz CT molecular complexity index is 674. The molecule has 2 aromatic rings. The van der Waals surface area contributed by atoms with Crippen molar-refractivity contribution >= 4 is 11.0 Å². The van der Waals surface area contributed by atoms with Gasteiger partial charge in [-0.3, -0.25) is 4.90 Å². The summed E-state index contributed by atoms with van der Waals surface area (Å²) in [5.41, 5.74) is 3.56. The Morgan fingerprint density at radius 1 is 1.23 bits per heavy atom. The molecule has 0 saturated carbocycles. The van der Waals surface area contributed by atoms with Gasteiger partial charge in [0.05, 0.1) is 30.1 Å². The summed E-state index contributed by atoms with van der Waals surface area (Å²) in [4.78, 5) is 7.37. The lowest BCUT2D eigenvalue weighted by Crippen LogP contribution is -2.30. The number of nitriles is 1. The fourth-order valence-corrected chi connectivity index (χ4v) is 3.29. The molecule has 1 saturated heterocycles. The first-order chi connectivity index (χ1) is 10.8. The molecule has 4 heteroatoms. The quantitative estimate of drug-likeness (QED) is 0.848. The van der Waals surface area contributed by atoms with E-state index < -0.39 is 0 Å². The van der Waals surface area contributed by atoms with Crippen LogP contribution in [0.15, 0.2) is 18.2 Å². The third-order valence-electron chi connectivity index (χ3n) is 4.56. The molecule has 4 nitrogen and oxygen atoms in total. The summed E-state index contributed by atoms with van der Waals surface area (Å²) in [6.07, 6.45) is 5.49. The molecule has 0 spiro atoms. The number of fused-ring (bicyclic) bond motifs is 1. The average molecular weight is 296 g/mol. The third kappa shape index (κ3) is 3.15. The summed E-state index contributed by atoms with van der Waals surface area (Å²) >= 11 is 0. The fourth-order valence-electron chi connectivity index (χ4n) is 3.29. The molecule has 0 aliphatic carbocycles. The van der Waals surface area contributed by atoms with Crippen molar-refractivity contribution < 1.29 is 0 Å². The minimum Gasteiger partial charge on any atom is -0.326 e. The van der Waals surface area contributed by atoms with Gasteiger partial charge in [-0.05, 0) is 50.0 Å². The SMILES string of the molecule is CCc1ccc2c(c1)nc(CN1CCCCC1)n2CCC#N. The molecular weight excluding hydrogens is 272 g/mol. The van der Waals surface area contributed by atoms with E-state index in [0.29, 0.717) is 6.42 Å². The predicted molar refractivity (Wildman–Crippen MR) is 88.5 cm³/mol. The van der Waals surface area contributed by atoms with Gasteiger partial charge in [-0.2, -0.15) is 5.26 Å². The van der Waals surface area contributed by atoms with Crippen molar-refractivity contribution in [1.29, 1.82) is 5.26 Å². The van der Waals surface area contributed by atoms with Crippen LogP contribution in [0.1, 0.15) is 44.0 Å². The van der Waals surface area contributed by atoms with Gasteiger partial charge < -0.3 is 4.57 Å². The summed E-state index contributed by atoms with van der Waals surface area (Å²) in [7, 11) is 0. The van der Waals surface area contributed by atoms with Gasteiger partial charge in [0.1, 0.15) is 5.82 Å². The Morgan fingerprint density at radius 3 is 2.77 bits per heavy atom. The zero-order valence-corrected chi connectivity index (χ0v) is 13.4. The van der Waals surface area contributed by atoms with Gasteiger partial charge in [0, 0.05) is 6.54 Å². The van der Waals surface area contributed by atoms with Crippen LogP contribution in [0.25, 0.3) is 11.0 Å². The van der Waals surface area contributed by atoms with Gasteiger partial charge in [-0.15, -0.1) is 0 Å². The molecule has 1 aliphatic heterocycles. The number of hydrogen-bond acceptors (Lipinski definition) is 3. The van der Waals surface area contributed by atoms with Crippen LogP contribution in [0.2, 0.25) is 0 Å². The summed E-state index contributed by atoms with van der Waals surface area (Å²) < 4.78 is 2.24. The normalized spacial score (nSPS) is 16.0. The first-order valence-corrected chi connectivity index (χ1v) is 8.39. The number of aromatic nitrogens is 2. The first kappa shape index (κ1) is 15.1. The van der Waals surface area contributed by atoms with Crippen LogP contribution in [0.5, 0.6) is 0 Å². The third-order valence-corrected chi connectivity index (χ3v) is 4.56. The van der Waals surface area contributed by atoms with Crippen molar-refractivity contribution in [2.75, 3.05) is 13.1 Å². The van der Waals surface area contributed by atoms with Gasteiger partial charge >= 0.3 is 0 Å². The smallest absolute Gasteiger partial charge is 0.124 e. The largest absolute Gasteiger partial charge is 0.326 e. The monoisotopic (exact) mass is 296 g/mol. The molecule has 0 unspecified atom stereocenters. The Labute approximate surface area is 132 Å². The number of imidazole rings is 1. The molecule has 2 heterocycles.